The van der Waals surface area contributed by atoms with Gasteiger partial charge in [-0.15, -0.1) is 22.1 Å². The molecule has 412 valence electrons. The molecule has 0 unspecified atom stereocenters. The Hall–Kier alpha value is -7.60. The number of aryl methyl sites for hydroxylation is 8. The molecule has 0 fully saturated rings. The molecule has 6 aliphatic heterocycles. The van der Waals surface area contributed by atoms with Crippen LogP contribution in [0.25, 0.3) is 110 Å². The van der Waals surface area contributed by atoms with Gasteiger partial charge in [-0.3, -0.25) is 0 Å². The fourth-order valence-corrected chi connectivity index (χ4v) is 14.3. The largest absolute Gasteiger partial charge is 2.00 e. The molecule has 0 saturated carbocycles. The van der Waals surface area contributed by atoms with Gasteiger partial charge in [0.15, 0.2) is 0 Å². The summed E-state index contributed by atoms with van der Waals surface area (Å²) in [6, 6.07) is 46.4. The molecule has 3 aromatic heterocycles. The summed E-state index contributed by atoms with van der Waals surface area (Å²) in [5.41, 5.74) is 27.1. The smallest absolute Gasteiger partial charge is 0.657 e. The van der Waals surface area contributed by atoms with Crippen molar-refractivity contribution in [3.8, 4) is 33.8 Å². The molecule has 0 amide bonds. The van der Waals surface area contributed by atoms with Gasteiger partial charge in [-0.1, -0.05) is 135 Å². The average Bonchev–Trinajstić information content (AvgIpc) is 4.40. The molecule has 10 aromatic rings. The molecule has 0 aliphatic carbocycles. The van der Waals surface area contributed by atoms with Crippen molar-refractivity contribution in [1.29, 1.82) is 0 Å². The van der Waals surface area contributed by atoms with Gasteiger partial charge < -0.3 is 19.4 Å². The maximum Gasteiger partial charge on any atom is 2.00 e. The summed E-state index contributed by atoms with van der Waals surface area (Å²) >= 11 is 0. The van der Waals surface area contributed by atoms with E-state index in [0.29, 0.717) is 0 Å². The van der Waals surface area contributed by atoms with Crippen LogP contribution in [-0.2, 0) is 58.0 Å². The van der Waals surface area contributed by atoms with Crippen LogP contribution in [0.3, 0.4) is 0 Å². The third-order valence-electron chi connectivity index (χ3n) is 18.7. The summed E-state index contributed by atoms with van der Waals surface area (Å²) in [7, 11) is 3.61. The number of methoxy groups -OCH3 is 2. The van der Waals surface area contributed by atoms with Crippen molar-refractivity contribution in [2.75, 3.05) is 14.2 Å². The fraction of sp³-hybridized carbons (Fsp3) is 0.289. The van der Waals surface area contributed by atoms with Crippen molar-refractivity contribution in [2.24, 2.45) is 0 Å². The number of hydrogen-bond acceptors (Lipinski definition) is 4. The van der Waals surface area contributed by atoms with Crippen LogP contribution in [0.5, 0.6) is 11.5 Å². The molecular weight excluding hydrogens is 1070 g/mol. The van der Waals surface area contributed by atoms with E-state index in [1.54, 1.807) is 14.2 Å². The molecule has 6 nitrogen and oxygen atoms in total. The predicted molar refractivity (Wildman–Crippen MR) is 346 cm³/mol. The van der Waals surface area contributed by atoms with Crippen LogP contribution in [0.1, 0.15) is 147 Å². The summed E-state index contributed by atoms with van der Waals surface area (Å²) in [6.07, 6.45) is 11.4. The fourth-order valence-electron chi connectivity index (χ4n) is 14.3. The van der Waals surface area contributed by atoms with Crippen molar-refractivity contribution < 1.29 is 29.0 Å². The number of rotatable bonds is 6. The first-order valence-electron chi connectivity index (χ1n) is 30.3. The molecule has 7 aromatic carbocycles. The summed E-state index contributed by atoms with van der Waals surface area (Å²) in [4.78, 5) is 23.3. The van der Waals surface area contributed by atoms with Gasteiger partial charge in [-0.2, -0.15) is 0 Å². The number of benzene rings is 7. The van der Waals surface area contributed by atoms with Gasteiger partial charge in [0.2, 0.25) is 0 Å². The van der Waals surface area contributed by atoms with E-state index < -0.39 is 0 Å². The minimum absolute atomic E-state index is 0. The van der Waals surface area contributed by atoms with Gasteiger partial charge in [0, 0.05) is 0 Å². The summed E-state index contributed by atoms with van der Waals surface area (Å²) < 4.78 is 12.2. The van der Waals surface area contributed by atoms with Gasteiger partial charge in [-0.25, -0.2) is 9.97 Å². The second-order valence-corrected chi connectivity index (χ2v) is 23.3. The molecular formula is C76H74N4O2Zn. The van der Waals surface area contributed by atoms with Crippen LogP contribution in [0.15, 0.2) is 121 Å². The van der Waals surface area contributed by atoms with E-state index >= 15 is 0 Å². The van der Waals surface area contributed by atoms with Gasteiger partial charge in [0.25, 0.3) is 0 Å². The molecule has 9 heterocycles. The molecule has 0 radical (unpaired) electrons. The quantitative estimate of drug-likeness (QED) is 0.122. The zero-order valence-electron chi connectivity index (χ0n) is 50.3. The van der Waals surface area contributed by atoms with E-state index in [1.807, 2.05) is 0 Å². The van der Waals surface area contributed by atoms with E-state index in [1.165, 1.54) is 110 Å². The van der Waals surface area contributed by atoms with Crippen LogP contribution >= 0.6 is 0 Å². The van der Waals surface area contributed by atoms with Crippen LogP contribution < -0.4 is 19.4 Å². The summed E-state index contributed by atoms with van der Waals surface area (Å²) in [5.74, 6) is 1.91. The Morgan fingerprint density at radius 1 is 0.434 bits per heavy atom. The average molecular weight is 1140 g/mol. The topological polar surface area (TPSA) is 72.4 Å². The van der Waals surface area contributed by atoms with E-state index in [0.717, 1.165) is 156 Å². The summed E-state index contributed by atoms with van der Waals surface area (Å²) in [5, 5.41) is 9.74. The molecule has 18 bridgehead atoms. The maximum absolute atomic E-state index is 6.08. The Morgan fingerprint density at radius 3 is 1.25 bits per heavy atom. The second kappa shape index (κ2) is 22.9. The van der Waals surface area contributed by atoms with E-state index in [2.05, 4.69) is 177 Å². The van der Waals surface area contributed by atoms with Crippen molar-refractivity contribution >= 4 is 87.4 Å². The van der Waals surface area contributed by atoms with Crippen LogP contribution in [0, 0.1) is 13.8 Å². The molecule has 0 spiro atoms. The number of allylic oxidation sites excluding steroid dienone is 4. The van der Waals surface area contributed by atoms with Gasteiger partial charge in [0.05, 0.1) is 37.0 Å². The van der Waals surface area contributed by atoms with Gasteiger partial charge >= 0.3 is 19.5 Å². The minimum Gasteiger partial charge on any atom is -0.657 e. The Balaban J connectivity index is 0.00000680. The maximum atomic E-state index is 6.08. The van der Waals surface area contributed by atoms with Crippen molar-refractivity contribution in [3.05, 3.63) is 189 Å². The molecule has 6 aliphatic rings. The predicted octanol–water partition coefficient (Wildman–Crippen LogP) is 19.4. The Morgan fingerprint density at radius 2 is 0.855 bits per heavy atom. The number of nitrogens with zero attached hydrogens (tertiary/aromatic N) is 4. The Labute approximate surface area is 502 Å². The minimum atomic E-state index is 0. The molecule has 0 N–H and O–H groups in total. The summed E-state index contributed by atoms with van der Waals surface area (Å²) in [6.45, 7) is 18.2. The third kappa shape index (κ3) is 9.71. The van der Waals surface area contributed by atoms with Crippen LogP contribution in [0.2, 0.25) is 0 Å². The molecule has 0 saturated heterocycles. The number of ether oxygens (including phenoxy) is 2. The van der Waals surface area contributed by atoms with Gasteiger partial charge in [-0.05, 0) is 251 Å². The van der Waals surface area contributed by atoms with Crippen molar-refractivity contribution in [3.63, 3.8) is 0 Å². The van der Waals surface area contributed by atoms with Gasteiger partial charge in [0.1, 0.15) is 11.5 Å². The Kier molecular flexibility index (Phi) is 15.4. The standard InChI is InChI=1S/C76H74N4O2.Zn/c1-11-57-43(5)73-71-61-27-19-25-51-35-49-31-29-47(33-55(49)37-63(51)61)21-15-17-23-53-39-70(82-10)54(40-69(53)81-9)24-18-16-22-48-30-32-50-36-52-26-20-28-62(64(52)38-56(50)34-48)72(75-44(6)58(12-2)66(78-75)41-65(57)77-73)76-46(8)60(14-4)68(80-76)42-67-59(13-3)45(7)74(71)79-67;/h19-20,25-42H,11-18,21-24H2,1-10H3;/q-2;+2. The molecule has 0 atom stereocenters. The van der Waals surface area contributed by atoms with Crippen molar-refractivity contribution in [2.45, 2.75) is 132 Å². The van der Waals surface area contributed by atoms with E-state index in [4.69, 9.17) is 29.4 Å². The number of aromatic nitrogens is 4. The monoisotopic (exact) mass is 1140 g/mol. The van der Waals surface area contributed by atoms with Crippen LogP contribution in [-0.4, -0.2) is 24.2 Å². The zero-order valence-corrected chi connectivity index (χ0v) is 53.3. The van der Waals surface area contributed by atoms with E-state index in [9.17, 15) is 0 Å². The first-order valence-corrected chi connectivity index (χ1v) is 30.3. The zero-order chi connectivity index (χ0) is 56.5. The van der Waals surface area contributed by atoms with E-state index in [-0.39, 0.29) is 19.5 Å². The normalized spacial score (nSPS) is 14.0. The first kappa shape index (κ1) is 55.9. The molecule has 7 heteroatoms. The van der Waals surface area contributed by atoms with Crippen molar-refractivity contribution in [1.82, 2.24) is 19.9 Å². The Bertz CT molecular complexity index is 4240. The molecule has 16 rings (SSSR count). The first-order chi connectivity index (χ1) is 40.0. The van der Waals surface area contributed by atoms with Crippen LogP contribution in [0.4, 0.5) is 0 Å². The number of hydrogen-bond donors (Lipinski definition) is 0. The molecule has 83 heavy (non-hydrogen) atoms. The third-order valence-corrected chi connectivity index (χ3v) is 18.7. The SMILES string of the molecule is CCC1=C(C)c2nc1cc1[n-]c(c(C)c1CC)c1c3nc(cc4[n-]c(c(C)c4CC)c2-c2cccc4cc5ccc(cc5cc24)CCCCc2cc(OC)c(cc2OC)CCCCc2ccc4cc5cccc-1c5cc4c2)C(CC)=C3C.[Zn+2]. The second-order valence-electron chi connectivity index (χ2n) is 23.3.